The summed E-state index contributed by atoms with van der Waals surface area (Å²) in [5, 5.41) is 1.08. The van der Waals surface area contributed by atoms with Gasteiger partial charge < -0.3 is 14.0 Å². The van der Waals surface area contributed by atoms with E-state index < -0.39 is 8.07 Å². The van der Waals surface area contributed by atoms with E-state index in [1.54, 1.807) is 13.3 Å². The summed E-state index contributed by atoms with van der Waals surface area (Å²) in [6, 6.07) is 5.21. The number of pyridine rings is 1. The van der Waals surface area contributed by atoms with Crippen molar-refractivity contribution in [2.75, 3.05) is 13.7 Å². The van der Waals surface area contributed by atoms with Crippen molar-refractivity contribution in [2.45, 2.75) is 32.4 Å². The second-order valence-corrected chi connectivity index (χ2v) is 11.5. The van der Waals surface area contributed by atoms with Crippen LogP contribution in [0.3, 0.4) is 0 Å². The fourth-order valence-electron chi connectivity index (χ4n) is 1.81. The largest absolute Gasteiger partial charge is 0.495 e. The molecule has 2 rings (SSSR count). The molecule has 2 aromatic heterocycles. The molecule has 4 nitrogen and oxygen atoms in total. The Kier molecular flexibility index (Phi) is 4.26. The van der Waals surface area contributed by atoms with Crippen LogP contribution >= 0.6 is 0 Å². The highest BCUT2D eigenvalue weighted by Gasteiger charge is 2.12. The van der Waals surface area contributed by atoms with Crippen LogP contribution in [0.1, 0.15) is 0 Å². The predicted molar refractivity (Wildman–Crippen MR) is 80.4 cm³/mol. The molecule has 0 bridgehead atoms. The lowest BCUT2D eigenvalue weighted by atomic mass is 10.3. The van der Waals surface area contributed by atoms with Gasteiger partial charge in [0.25, 0.3) is 0 Å². The number of fused-ring (bicyclic) bond motifs is 1. The standard InChI is InChI=1S/C14H22N2O2Si/c1-17-13-9-12-5-6-16(14(12)15-10-13)11-18-7-8-19(2,3)4/h5-6,9-10H,7-8,11H2,1-4H3. The van der Waals surface area contributed by atoms with Gasteiger partial charge in [-0.05, 0) is 18.2 Å². The van der Waals surface area contributed by atoms with E-state index >= 15 is 0 Å². The zero-order valence-electron chi connectivity index (χ0n) is 12.1. The maximum atomic E-state index is 5.75. The molecular formula is C14H22N2O2Si. The Morgan fingerprint density at radius 2 is 2.11 bits per heavy atom. The summed E-state index contributed by atoms with van der Waals surface area (Å²) in [6.45, 7) is 8.46. The summed E-state index contributed by atoms with van der Waals surface area (Å²) in [5.74, 6) is 0.782. The van der Waals surface area contributed by atoms with E-state index in [1.807, 2.05) is 22.9 Å². The molecule has 0 aromatic carbocycles. The van der Waals surface area contributed by atoms with Crippen molar-refractivity contribution in [3.8, 4) is 5.75 Å². The smallest absolute Gasteiger partial charge is 0.142 e. The van der Waals surface area contributed by atoms with Gasteiger partial charge >= 0.3 is 0 Å². The molecule has 0 aliphatic heterocycles. The first-order chi connectivity index (χ1) is 8.99. The molecule has 0 unspecified atom stereocenters. The fourth-order valence-corrected chi connectivity index (χ4v) is 2.57. The number of hydrogen-bond acceptors (Lipinski definition) is 3. The van der Waals surface area contributed by atoms with Crippen LogP contribution in [-0.4, -0.2) is 31.3 Å². The highest BCUT2D eigenvalue weighted by molar-refractivity contribution is 6.76. The average Bonchev–Trinajstić information content (AvgIpc) is 2.75. The van der Waals surface area contributed by atoms with Crippen LogP contribution in [0.15, 0.2) is 24.5 Å². The van der Waals surface area contributed by atoms with Gasteiger partial charge in [-0.15, -0.1) is 0 Å². The summed E-state index contributed by atoms with van der Waals surface area (Å²) >= 11 is 0. The third-order valence-electron chi connectivity index (χ3n) is 3.04. The molecule has 0 amide bonds. The van der Waals surface area contributed by atoms with Crippen LogP contribution < -0.4 is 4.74 Å². The van der Waals surface area contributed by atoms with E-state index in [0.717, 1.165) is 23.4 Å². The lowest BCUT2D eigenvalue weighted by Gasteiger charge is -2.15. The number of nitrogens with zero attached hydrogens (tertiary/aromatic N) is 2. The molecule has 0 atom stereocenters. The van der Waals surface area contributed by atoms with Gasteiger partial charge in [0.2, 0.25) is 0 Å². The summed E-state index contributed by atoms with van der Waals surface area (Å²) in [5.41, 5.74) is 0.939. The molecule has 0 spiro atoms. The number of aromatic nitrogens is 2. The number of rotatable bonds is 6. The monoisotopic (exact) mass is 278 g/mol. The molecule has 2 heterocycles. The van der Waals surface area contributed by atoms with E-state index in [9.17, 15) is 0 Å². The Balaban J connectivity index is 1.98. The molecule has 0 saturated heterocycles. The van der Waals surface area contributed by atoms with Gasteiger partial charge in [-0.1, -0.05) is 19.6 Å². The van der Waals surface area contributed by atoms with Crippen molar-refractivity contribution in [3.05, 3.63) is 24.5 Å². The molecule has 0 aliphatic rings. The zero-order chi connectivity index (χ0) is 13.9. The molecule has 0 N–H and O–H groups in total. The molecule has 0 saturated carbocycles. The summed E-state index contributed by atoms with van der Waals surface area (Å²) in [7, 11) is 0.640. The van der Waals surface area contributed by atoms with Gasteiger partial charge in [0.15, 0.2) is 0 Å². The van der Waals surface area contributed by atoms with E-state index in [0.29, 0.717) is 6.73 Å². The lowest BCUT2D eigenvalue weighted by Crippen LogP contribution is -2.22. The normalized spacial score (nSPS) is 12.0. The number of ether oxygens (including phenoxy) is 2. The maximum absolute atomic E-state index is 5.75. The van der Waals surface area contributed by atoms with E-state index in [4.69, 9.17) is 9.47 Å². The van der Waals surface area contributed by atoms with Crippen LogP contribution in [0.4, 0.5) is 0 Å². The third-order valence-corrected chi connectivity index (χ3v) is 4.74. The van der Waals surface area contributed by atoms with Gasteiger partial charge in [0.05, 0.1) is 13.3 Å². The zero-order valence-corrected chi connectivity index (χ0v) is 13.1. The second-order valence-electron chi connectivity index (χ2n) is 5.92. The fraction of sp³-hybridized carbons (Fsp3) is 0.500. The lowest BCUT2D eigenvalue weighted by molar-refractivity contribution is 0.0899. The molecule has 19 heavy (non-hydrogen) atoms. The first kappa shape index (κ1) is 14.1. The topological polar surface area (TPSA) is 36.3 Å². The Hall–Kier alpha value is -1.33. The quantitative estimate of drug-likeness (QED) is 0.600. The number of methoxy groups -OCH3 is 1. The Bertz CT molecular complexity index is 546. The first-order valence-corrected chi connectivity index (χ1v) is 10.3. The molecule has 0 aliphatic carbocycles. The Morgan fingerprint density at radius 3 is 2.79 bits per heavy atom. The highest BCUT2D eigenvalue weighted by Crippen LogP contribution is 2.19. The number of hydrogen-bond donors (Lipinski definition) is 0. The van der Waals surface area contributed by atoms with Crippen molar-refractivity contribution >= 4 is 19.1 Å². The van der Waals surface area contributed by atoms with Gasteiger partial charge in [0.1, 0.15) is 18.1 Å². The van der Waals surface area contributed by atoms with E-state index in [2.05, 4.69) is 24.6 Å². The Labute approximate surface area is 115 Å². The van der Waals surface area contributed by atoms with Gasteiger partial charge in [0, 0.05) is 26.3 Å². The predicted octanol–water partition coefficient (Wildman–Crippen LogP) is 3.36. The van der Waals surface area contributed by atoms with E-state index in [1.165, 1.54) is 6.04 Å². The highest BCUT2D eigenvalue weighted by atomic mass is 28.3. The van der Waals surface area contributed by atoms with E-state index in [-0.39, 0.29) is 0 Å². The molecule has 5 heteroatoms. The van der Waals surface area contributed by atoms with Crippen molar-refractivity contribution in [1.82, 2.24) is 9.55 Å². The van der Waals surface area contributed by atoms with Crippen LogP contribution in [0, 0.1) is 0 Å². The summed E-state index contributed by atoms with van der Waals surface area (Å²) in [6.07, 6.45) is 3.74. The SMILES string of the molecule is COc1cnc2c(ccn2COCC[Si](C)(C)C)c1. The van der Waals surface area contributed by atoms with Crippen LogP contribution in [0.2, 0.25) is 25.7 Å². The molecule has 0 fully saturated rings. The van der Waals surface area contributed by atoms with Crippen LogP contribution in [0.25, 0.3) is 11.0 Å². The molecule has 104 valence electrons. The van der Waals surface area contributed by atoms with Gasteiger partial charge in [-0.25, -0.2) is 4.98 Å². The molecule has 0 radical (unpaired) electrons. The van der Waals surface area contributed by atoms with Crippen molar-refractivity contribution in [1.29, 1.82) is 0 Å². The Morgan fingerprint density at radius 1 is 1.32 bits per heavy atom. The van der Waals surface area contributed by atoms with Crippen molar-refractivity contribution < 1.29 is 9.47 Å². The second kappa shape index (κ2) is 5.75. The molecule has 2 aromatic rings. The maximum Gasteiger partial charge on any atom is 0.142 e. The van der Waals surface area contributed by atoms with Crippen LogP contribution in [0.5, 0.6) is 5.75 Å². The minimum Gasteiger partial charge on any atom is -0.495 e. The van der Waals surface area contributed by atoms with Crippen molar-refractivity contribution in [3.63, 3.8) is 0 Å². The summed E-state index contributed by atoms with van der Waals surface area (Å²) in [4.78, 5) is 4.41. The average molecular weight is 278 g/mol. The summed E-state index contributed by atoms with van der Waals surface area (Å²) < 4.78 is 12.9. The van der Waals surface area contributed by atoms with Crippen LogP contribution in [-0.2, 0) is 11.5 Å². The van der Waals surface area contributed by atoms with Gasteiger partial charge in [-0.2, -0.15) is 0 Å². The third kappa shape index (κ3) is 3.81. The minimum atomic E-state index is -1.01. The van der Waals surface area contributed by atoms with Crippen molar-refractivity contribution in [2.24, 2.45) is 0 Å². The van der Waals surface area contributed by atoms with Gasteiger partial charge in [-0.3, -0.25) is 0 Å². The molecular weight excluding hydrogens is 256 g/mol. The minimum absolute atomic E-state index is 0.563. The first-order valence-electron chi connectivity index (χ1n) is 6.56.